The zero-order valence-corrected chi connectivity index (χ0v) is 20.4. The van der Waals surface area contributed by atoms with E-state index in [1.54, 1.807) is 43.1 Å². The third-order valence-corrected chi connectivity index (χ3v) is 6.11. The number of aromatic nitrogens is 2. The third-order valence-electron chi connectivity index (χ3n) is 4.98. The molecule has 0 aliphatic rings. The van der Waals surface area contributed by atoms with E-state index >= 15 is 0 Å². The standard InChI is InChI=1S/C23H20N2O4S.C2HF3O2/c1-25-11-10-24-23(25)30-14-18-13-20(17-4-3-5-19(12-17)28-2)29-21(18)15-6-8-16(9-7-15)22(26)27;3-2(4,5)1(6)7/h3-13H,14H2,1-2H3,(H,26,27);(H,6,7). The van der Waals surface area contributed by atoms with E-state index in [-0.39, 0.29) is 5.56 Å². The number of hydrogen-bond acceptors (Lipinski definition) is 6. The number of alkyl halides is 3. The van der Waals surface area contributed by atoms with Crippen LogP contribution in [0, 0.1) is 0 Å². The van der Waals surface area contributed by atoms with E-state index in [4.69, 9.17) is 19.1 Å². The number of rotatable bonds is 7. The Kier molecular flexibility index (Phi) is 8.66. The normalized spacial score (nSPS) is 10.9. The first kappa shape index (κ1) is 27.4. The number of carbonyl (C=O) groups is 2. The van der Waals surface area contributed by atoms with E-state index in [1.165, 1.54) is 0 Å². The Labute approximate surface area is 213 Å². The van der Waals surface area contributed by atoms with Crippen LogP contribution in [0.15, 0.2) is 76.6 Å². The number of H-pyrrole nitrogens is 1. The van der Waals surface area contributed by atoms with Gasteiger partial charge in [-0.3, -0.25) is 0 Å². The molecule has 0 aliphatic carbocycles. The first-order chi connectivity index (χ1) is 17.5. The van der Waals surface area contributed by atoms with Crippen molar-refractivity contribution in [1.29, 1.82) is 0 Å². The van der Waals surface area contributed by atoms with Crippen molar-refractivity contribution in [2.75, 3.05) is 7.11 Å². The minimum absolute atomic E-state index is 0.243. The Morgan fingerprint density at radius 2 is 1.81 bits per heavy atom. The fourth-order valence-electron chi connectivity index (χ4n) is 3.14. The highest BCUT2D eigenvalue weighted by Crippen LogP contribution is 2.36. The maximum absolute atomic E-state index is 11.2. The van der Waals surface area contributed by atoms with Gasteiger partial charge in [-0.2, -0.15) is 13.2 Å². The second kappa shape index (κ2) is 11.7. The molecule has 2 aromatic carbocycles. The molecule has 0 fully saturated rings. The van der Waals surface area contributed by atoms with Crippen molar-refractivity contribution in [2.45, 2.75) is 17.1 Å². The number of benzene rings is 2. The molecule has 0 bridgehead atoms. The van der Waals surface area contributed by atoms with Gasteiger partial charge in [-0.25, -0.2) is 14.3 Å². The number of aromatic carboxylic acids is 1. The van der Waals surface area contributed by atoms with Gasteiger partial charge in [0.15, 0.2) is 0 Å². The first-order valence-electron chi connectivity index (χ1n) is 10.5. The van der Waals surface area contributed by atoms with Crippen molar-refractivity contribution in [3.8, 4) is 28.4 Å². The van der Waals surface area contributed by atoms with Gasteiger partial charge >= 0.3 is 17.3 Å². The number of aliphatic carboxylic acids is 1. The largest absolute Gasteiger partial charge is 0.542 e. The third kappa shape index (κ3) is 7.17. The number of thioether (sulfide) groups is 1. The Bertz CT molecular complexity index is 1380. The summed E-state index contributed by atoms with van der Waals surface area (Å²) < 4.78 is 45.2. The number of carboxylic acid groups (broad SMARTS) is 2. The molecule has 2 heterocycles. The summed E-state index contributed by atoms with van der Waals surface area (Å²) in [7, 11) is 3.62. The second-order valence-electron chi connectivity index (χ2n) is 7.53. The summed E-state index contributed by atoms with van der Waals surface area (Å²) in [5, 5.41) is 19.0. The number of aromatic amines is 1. The number of aryl methyl sites for hydroxylation is 1. The van der Waals surface area contributed by atoms with Crippen LogP contribution in [0.3, 0.4) is 0 Å². The van der Waals surface area contributed by atoms with Crippen molar-refractivity contribution in [1.82, 2.24) is 4.98 Å². The van der Waals surface area contributed by atoms with Gasteiger partial charge in [-0.1, -0.05) is 24.3 Å². The van der Waals surface area contributed by atoms with Crippen LogP contribution < -0.4 is 14.4 Å². The van der Waals surface area contributed by atoms with E-state index in [9.17, 15) is 23.1 Å². The Morgan fingerprint density at radius 1 is 1.14 bits per heavy atom. The quantitative estimate of drug-likeness (QED) is 0.271. The number of halogens is 3. The zero-order valence-electron chi connectivity index (χ0n) is 19.5. The number of carboxylic acids is 2. The predicted octanol–water partition coefficient (Wildman–Crippen LogP) is 4.06. The number of nitrogens with zero attached hydrogens (tertiary/aromatic N) is 1. The zero-order chi connectivity index (χ0) is 27.2. The number of hydrogen-bond donors (Lipinski definition) is 2. The van der Waals surface area contributed by atoms with Crippen molar-refractivity contribution in [2.24, 2.45) is 7.05 Å². The molecule has 0 amide bonds. The SMILES string of the molecule is COc1cccc(-c2cc(CSc3[nH]cc[n+]3C)c(-c3ccc(C(=O)O)cc3)o2)c1.O=C([O-])C(F)(F)F. The fourth-order valence-corrected chi connectivity index (χ4v) is 4.07. The average molecular weight is 535 g/mol. The van der Waals surface area contributed by atoms with Crippen molar-refractivity contribution < 1.29 is 46.7 Å². The summed E-state index contributed by atoms with van der Waals surface area (Å²) in [4.78, 5) is 23.2. The Hall–Kier alpha value is -4.19. The maximum atomic E-state index is 11.2. The molecule has 12 heteroatoms. The van der Waals surface area contributed by atoms with Gasteiger partial charge in [-0.15, -0.1) is 0 Å². The summed E-state index contributed by atoms with van der Waals surface area (Å²) in [5.74, 6) is -1.05. The van der Waals surface area contributed by atoms with E-state index in [1.807, 2.05) is 54.3 Å². The number of imidazole rings is 1. The topological polar surface area (TPSA) is 119 Å². The lowest BCUT2D eigenvalue weighted by Crippen LogP contribution is -2.37. The summed E-state index contributed by atoms with van der Waals surface area (Å²) in [6, 6.07) is 16.5. The van der Waals surface area contributed by atoms with Crippen LogP contribution in [0.1, 0.15) is 15.9 Å². The summed E-state index contributed by atoms with van der Waals surface area (Å²) in [5.41, 5.74) is 3.02. The molecule has 0 saturated carbocycles. The molecule has 0 atom stereocenters. The minimum atomic E-state index is -5.19. The molecule has 0 aliphatic heterocycles. The van der Waals surface area contributed by atoms with Crippen LogP contribution >= 0.6 is 11.8 Å². The van der Waals surface area contributed by atoms with Gasteiger partial charge in [0.05, 0.1) is 19.7 Å². The van der Waals surface area contributed by atoms with Crippen molar-refractivity contribution in [3.63, 3.8) is 0 Å². The summed E-state index contributed by atoms with van der Waals surface area (Å²) >= 11 is 1.67. The van der Waals surface area contributed by atoms with Gasteiger partial charge in [0.2, 0.25) is 0 Å². The van der Waals surface area contributed by atoms with Crippen LogP contribution in [0.25, 0.3) is 22.6 Å². The lowest BCUT2D eigenvalue weighted by Gasteiger charge is -2.03. The highest BCUT2D eigenvalue weighted by Gasteiger charge is 2.28. The van der Waals surface area contributed by atoms with Gasteiger partial charge in [-0.05, 0) is 42.1 Å². The smallest absolute Gasteiger partial charge is 0.430 e. The monoisotopic (exact) mass is 534 g/mol. The van der Waals surface area contributed by atoms with Gasteiger partial charge in [0.25, 0.3) is 0 Å². The molecule has 4 aromatic rings. The van der Waals surface area contributed by atoms with Gasteiger partial charge in [0.1, 0.15) is 35.6 Å². The minimum Gasteiger partial charge on any atom is -0.542 e. The molecule has 0 radical (unpaired) electrons. The molecule has 4 rings (SSSR count). The van der Waals surface area contributed by atoms with Gasteiger partial charge < -0.3 is 24.2 Å². The number of furan rings is 1. The predicted molar refractivity (Wildman–Crippen MR) is 126 cm³/mol. The lowest BCUT2D eigenvalue weighted by molar-refractivity contribution is -0.708. The van der Waals surface area contributed by atoms with Crippen LogP contribution in [0.2, 0.25) is 0 Å². The van der Waals surface area contributed by atoms with E-state index in [2.05, 4.69) is 4.98 Å². The molecule has 194 valence electrons. The summed E-state index contributed by atoms with van der Waals surface area (Å²) in [6.45, 7) is 0. The Morgan fingerprint density at radius 3 is 2.35 bits per heavy atom. The van der Waals surface area contributed by atoms with Gasteiger partial charge in [0, 0.05) is 22.4 Å². The molecule has 8 nitrogen and oxygen atoms in total. The highest BCUT2D eigenvalue weighted by molar-refractivity contribution is 7.98. The first-order valence-corrected chi connectivity index (χ1v) is 11.5. The molecule has 0 saturated heterocycles. The van der Waals surface area contributed by atoms with Crippen LogP contribution in [-0.2, 0) is 17.6 Å². The molecule has 0 unspecified atom stereocenters. The molecule has 0 spiro atoms. The summed E-state index contributed by atoms with van der Waals surface area (Å²) in [6.07, 6.45) is -1.34. The average Bonchev–Trinajstić information content (AvgIpc) is 3.48. The number of carbonyl (C=O) groups excluding carboxylic acids is 1. The highest BCUT2D eigenvalue weighted by atomic mass is 32.2. The van der Waals surface area contributed by atoms with Crippen molar-refractivity contribution >= 4 is 23.7 Å². The molecular formula is C25H21F3N2O6S. The van der Waals surface area contributed by atoms with E-state index in [0.717, 1.165) is 39.1 Å². The number of ether oxygens (including phenoxy) is 1. The molecular weight excluding hydrogens is 513 g/mol. The van der Waals surface area contributed by atoms with Crippen LogP contribution in [-0.4, -0.2) is 35.3 Å². The molecule has 2 N–H and O–H groups in total. The second-order valence-corrected chi connectivity index (χ2v) is 8.49. The van der Waals surface area contributed by atoms with Crippen molar-refractivity contribution in [3.05, 3.63) is 78.1 Å². The van der Waals surface area contributed by atoms with E-state index in [0.29, 0.717) is 5.75 Å². The fraction of sp³-hybridized carbons (Fsp3) is 0.160. The number of nitrogens with one attached hydrogen (secondary N) is 1. The Balaban J connectivity index is 0.000000479. The van der Waals surface area contributed by atoms with E-state index < -0.39 is 18.1 Å². The van der Waals surface area contributed by atoms with Crippen LogP contribution in [0.5, 0.6) is 5.75 Å². The molecule has 2 aromatic heterocycles. The maximum Gasteiger partial charge on any atom is 0.430 e. The lowest BCUT2D eigenvalue weighted by atomic mass is 10.1. The molecule has 37 heavy (non-hydrogen) atoms. The number of methoxy groups -OCH3 is 1. The van der Waals surface area contributed by atoms with Crippen LogP contribution in [0.4, 0.5) is 13.2 Å².